The number of hydrogen-bond acceptors (Lipinski definition) is 3. The van der Waals surface area contributed by atoms with Crippen LogP contribution in [0.1, 0.15) is 37.8 Å². The Morgan fingerprint density at radius 1 is 1.12 bits per heavy atom. The maximum atomic E-state index is 12.9. The molecule has 1 heterocycles. The largest absolute Gasteiger partial charge is 0.348 e. The first-order valence-corrected chi connectivity index (χ1v) is 10.4. The Balaban J connectivity index is 1.78. The maximum Gasteiger partial charge on any atom is 0.243 e. The van der Waals surface area contributed by atoms with E-state index in [0.29, 0.717) is 19.4 Å². The Hall–Kier alpha value is -2.18. The van der Waals surface area contributed by atoms with Crippen molar-refractivity contribution >= 4 is 15.9 Å². The molecule has 0 saturated carbocycles. The van der Waals surface area contributed by atoms with Crippen molar-refractivity contribution in [3.8, 4) is 0 Å². The molecule has 2 unspecified atom stereocenters. The average molecular weight is 372 g/mol. The minimum atomic E-state index is -3.67. The van der Waals surface area contributed by atoms with Crippen LogP contribution in [-0.4, -0.2) is 31.2 Å². The predicted molar refractivity (Wildman–Crippen MR) is 101 cm³/mol. The van der Waals surface area contributed by atoms with E-state index in [0.717, 1.165) is 12.0 Å². The fraction of sp³-hybridized carbons (Fsp3) is 0.350. The minimum Gasteiger partial charge on any atom is -0.348 e. The van der Waals surface area contributed by atoms with Gasteiger partial charge in [-0.05, 0) is 37.0 Å². The average Bonchev–Trinajstić information content (AvgIpc) is 3.18. The molecule has 1 amide bonds. The lowest BCUT2D eigenvalue weighted by Crippen LogP contribution is -2.46. The lowest BCUT2D eigenvalue weighted by atomic mass is 10.0. The number of sulfonamides is 1. The lowest BCUT2D eigenvalue weighted by Gasteiger charge is -2.26. The van der Waals surface area contributed by atoms with Crippen molar-refractivity contribution in [2.75, 3.05) is 6.54 Å². The van der Waals surface area contributed by atoms with E-state index in [1.54, 1.807) is 30.3 Å². The molecule has 1 N–H and O–H groups in total. The molecule has 0 bridgehead atoms. The number of carbonyl (C=O) groups excluding carboxylic acids is 1. The lowest BCUT2D eigenvalue weighted by molar-refractivity contribution is -0.125. The highest BCUT2D eigenvalue weighted by Gasteiger charge is 2.39. The molecule has 1 fully saturated rings. The molecule has 5 nitrogen and oxygen atoms in total. The van der Waals surface area contributed by atoms with Gasteiger partial charge in [-0.15, -0.1) is 0 Å². The van der Waals surface area contributed by atoms with Crippen LogP contribution in [0.15, 0.2) is 65.6 Å². The van der Waals surface area contributed by atoms with Crippen LogP contribution < -0.4 is 5.32 Å². The van der Waals surface area contributed by atoms with Crippen molar-refractivity contribution in [2.45, 2.75) is 43.2 Å². The van der Waals surface area contributed by atoms with Gasteiger partial charge in [-0.1, -0.05) is 55.5 Å². The third kappa shape index (κ3) is 3.81. The summed E-state index contributed by atoms with van der Waals surface area (Å²) in [4.78, 5) is 13.1. The zero-order valence-corrected chi connectivity index (χ0v) is 15.7. The van der Waals surface area contributed by atoms with Gasteiger partial charge in [-0.25, -0.2) is 8.42 Å². The smallest absolute Gasteiger partial charge is 0.243 e. The topological polar surface area (TPSA) is 66.5 Å². The van der Waals surface area contributed by atoms with Gasteiger partial charge in [0.15, 0.2) is 0 Å². The van der Waals surface area contributed by atoms with Gasteiger partial charge in [0.25, 0.3) is 0 Å². The van der Waals surface area contributed by atoms with Crippen LogP contribution in [0.5, 0.6) is 0 Å². The van der Waals surface area contributed by atoms with Gasteiger partial charge in [0, 0.05) is 6.54 Å². The maximum absolute atomic E-state index is 12.9. The summed E-state index contributed by atoms with van der Waals surface area (Å²) in [5.74, 6) is -0.224. The number of hydrogen-bond donors (Lipinski definition) is 1. The number of benzene rings is 2. The number of rotatable bonds is 6. The number of amides is 1. The zero-order chi connectivity index (χ0) is 18.6. The summed E-state index contributed by atoms with van der Waals surface area (Å²) in [6.45, 7) is 2.38. The van der Waals surface area contributed by atoms with Gasteiger partial charge in [-0.2, -0.15) is 4.31 Å². The summed E-state index contributed by atoms with van der Waals surface area (Å²) in [5, 5.41) is 3.03. The summed E-state index contributed by atoms with van der Waals surface area (Å²) in [7, 11) is -3.67. The van der Waals surface area contributed by atoms with Crippen LogP contribution in [-0.2, 0) is 14.8 Å². The van der Waals surface area contributed by atoms with Gasteiger partial charge < -0.3 is 5.32 Å². The second-order valence-electron chi connectivity index (χ2n) is 6.47. The van der Waals surface area contributed by atoms with E-state index in [4.69, 9.17) is 0 Å². The van der Waals surface area contributed by atoms with Crippen molar-refractivity contribution in [1.82, 2.24) is 9.62 Å². The Morgan fingerprint density at radius 2 is 1.73 bits per heavy atom. The first-order chi connectivity index (χ1) is 12.5. The fourth-order valence-electron chi connectivity index (χ4n) is 3.39. The van der Waals surface area contributed by atoms with Crippen LogP contribution in [0.4, 0.5) is 0 Å². The molecular weight excluding hydrogens is 348 g/mol. The summed E-state index contributed by atoms with van der Waals surface area (Å²) < 4.78 is 27.2. The normalized spacial score (nSPS) is 19.2. The predicted octanol–water partition coefficient (Wildman–Crippen LogP) is 3.11. The van der Waals surface area contributed by atoms with Crippen LogP contribution in [0.2, 0.25) is 0 Å². The molecule has 6 heteroatoms. The van der Waals surface area contributed by atoms with Crippen molar-refractivity contribution in [2.24, 2.45) is 0 Å². The first kappa shape index (κ1) is 18.6. The molecular formula is C20H24N2O3S. The van der Waals surface area contributed by atoms with Crippen LogP contribution in [0.3, 0.4) is 0 Å². The molecule has 1 saturated heterocycles. The monoisotopic (exact) mass is 372 g/mol. The van der Waals surface area contributed by atoms with Crippen molar-refractivity contribution in [1.29, 1.82) is 0 Å². The van der Waals surface area contributed by atoms with E-state index in [-0.39, 0.29) is 16.8 Å². The third-order valence-electron chi connectivity index (χ3n) is 4.78. The highest BCUT2D eigenvalue weighted by Crippen LogP contribution is 2.27. The van der Waals surface area contributed by atoms with Gasteiger partial charge in [-0.3, -0.25) is 4.79 Å². The quantitative estimate of drug-likeness (QED) is 0.847. The van der Waals surface area contributed by atoms with E-state index in [9.17, 15) is 13.2 Å². The standard InChI is InChI=1S/C20H24N2O3S/c1-2-18(16-10-5-3-6-11-16)21-20(23)19-14-9-15-22(19)26(24,25)17-12-7-4-8-13-17/h3-8,10-13,18-19H,2,9,14-15H2,1H3,(H,21,23). The van der Waals surface area contributed by atoms with E-state index in [2.05, 4.69) is 5.32 Å². The molecule has 2 atom stereocenters. The van der Waals surface area contributed by atoms with E-state index in [1.165, 1.54) is 4.31 Å². The number of nitrogens with zero attached hydrogens (tertiary/aromatic N) is 1. The summed E-state index contributed by atoms with van der Waals surface area (Å²) in [6, 6.07) is 17.3. The van der Waals surface area contributed by atoms with Crippen LogP contribution >= 0.6 is 0 Å². The molecule has 26 heavy (non-hydrogen) atoms. The number of nitrogens with one attached hydrogen (secondary N) is 1. The molecule has 0 spiro atoms. The molecule has 3 rings (SSSR count). The Kier molecular flexibility index (Phi) is 5.74. The Labute approximate surface area is 155 Å². The molecule has 1 aliphatic heterocycles. The van der Waals surface area contributed by atoms with E-state index >= 15 is 0 Å². The first-order valence-electron chi connectivity index (χ1n) is 8.96. The molecule has 2 aromatic rings. The molecule has 0 radical (unpaired) electrons. The minimum absolute atomic E-state index is 0.120. The zero-order valence-electron chi connectivity index (χ0n) is 14.8. The molecule has 0 aliphatic carbocycles. The third-order valence-corrected chi connectivity index (χ3v) is 6.71. The molecule has 1 aliphatic rings. The summed E-state index contributed by atoms with van der Waals surface area (Å²) in [5.41, 5.74) is 1.03. The van der Waals surface area contributed by atoms with Crippen molar-refractivity contribution < 1.29 is 13.2 Å². The Bertz CT molecular complexity index is 838. The van der Waals surface area contributed by atoms with Gasteiger partial charge >= 0.3 is 0 Å². The van der Waals surface area contributed by atoms with Gasteiger partial charge in [0.2, 0.25) is 15.9 Å². The Morgan fingerprint density at radius 3 is 2.35 bits per heavy atom. The number of carbonyl (C=O) groups is 1. The van der Waals surface area contributed by atoms with Crippen molar-refractivity contribution in [3.05, 3.63) is 66.2 Å². The molecule has 0 aromatic heterocycles. The summed E-state index contributed by atoms with van der Waals surface area (Å²) >= 11 is 0. The van der Waals surface area contributed by atoms with E-state index < -0.39 is 16.1 Å². The SMILES string of the molecule is CCC(NC(=O)C1CCCN1S(=O)(=O)c1ccccc1)c1ccccc1. The summed E-state index contributed by atoms with van der Waals surface area (Å²) in [6.07, 6.45) is 1.98. The highest BCUT2D eigenvalue weighted by atomic mass is 32.2. The van der Waals surface area contributed by atoms with Crippen LogP contribution in [0.25, 0.3) is 0 Å². The van der Waals surface area contributed by atoms with Crippen LogP contribution in [0, 0.1) is 0 Å². The molecule has 2 aromatic carbocycles. The van der Waals surface area contributed by atoms with E-state index in [1.807, 2.05) is 37.3 Å². The van der Waals surface area contributed by atoms with Gasteiger partial charge in [0.05, 0.1) is 10.9 Å². The van der Waals surface area contributed by atoms with Crippen molar-refractivity contribution in [3.63, 3.8) is 0 Å². The molecule has 138 valence electrons. The fourth-order valence-corrected chi connectivity index (χ4v) is 5.07. The second kappa shape index (κ2) is 8.01. The second-order valence-corrected chi connectivity index (χ2v) is 8.36. The highest BCUT2D eigenvalue weighted by molar-refractivity contribution is 7.89. The van der Waals surface area contributed by atoms with Gasteiger partial charge in [0.1, 0.15) is 6.04 Å².